The Morgan fingerprint density at radius 1 is 1.04 bits per heavy atom. The van der Waals surface area contributed by atoms with E-state index in [1.165, 1.54) is 6.07 Å². The first kappa shape index (κ1) is 14.2. The summed E-state index contributed by atoms with van der Waals surface area (Å²) in [5.41, 5.74) is 1.97. The minimum absolute atomic E-state index is 0.00540. The van der Waals surface area contributed by atoms with Gasteiger partial charge in [-0.3, -0.25) is 10.1 Å². The first-order valence-corrected chi connectivity index (χ1v) is 7.32. The van der Waals surface area contributed by atoms with Crippen LogP contribution in [-0.2, 0) is 0 Å². The van der Waals surface area contributed by atoms with Gasteiger partial charge in [0.25, 0.3) is 5.69 Å². The number of non-ortho nitro benzene ring substituents is 1. The predicted molar refractivity (Wildman–Crippen MR) is 89.9 cm³/mol. The van der Waals surface area contributed by atoms with Gasteiger partial charge in [-0.2, -0.15) is 0 Å². The lowest BCUT2D eigenvalue weighted by atomic mass is 10.1. The number of nitrogens with zero attached hydrogens (tertiary/aromatic N) is 2. The highest BCUT2D eigenvalue weighted by Crippen LogP contribution is 2.33. The number of ether oxygens (including phenoxy) is 2. The van der Waals surface area contributed by atoms with E-state index >= 15 is 0 Å². The Hall–Kier alpha value is -3.41. The van der Waals surface area contributed by atoms with Crippen LogP contribution in [0.4, 0.5) is 5.69 Å². The molecule has 0 radical (unpaired) electrons. The molecule has 0 aliphatic carbocycles. The van der Waals surface area contributed by atoms with Crippen molar-refractivity contribution >= 4 is 28.7 Å². The molecule has 3 aromatic rings. The fourth-order valence-corrected chi connectivity index (χ4v) is 2.59. The molecule has 0 saturated heterocycles. The molecule has 0 spiro atoms. The number of benzene rings is 2. The lowest BCUT2D eigenvalue weighted by molar-refractivity contribution is -0.383. The van der Waals surface area contributed by atoms with Crippen molar-refractivity contribution in [1.29, 1.82) is 0 Å². The second-order valence-corrected chi connectivity index (χ2v) is 5.29. The van der Waals surface area contributed by atoms with E-state index in [4.69, 9.17) is 9.47 Å². The van der Waals surface area contributed by atoms with Crippen molar-refractivity contribution in [3.05, 3.63) is 69.9 Å². The van der Waals surface area contributed by atoms with Crippen molar-refractivity contribution in [2.45, 2.75) is 0 Å². The van der Waals surface area contributed by atoms with Crippen molar-refractivity contribution in [3.63, 3.8) is 0 Å². The molecule has 0 amide bonds. The van der Waals surface area contributed by atoms with Crippen LogP contribution in [0.15, 0.2) is 48.5 Å². The average molecular weight is 320 g/mol. The Kier molecular flexibility index (Phi) is 3.35. The number of nitro benzene ring substituents is 1. The summed E-state index contributed by atoms with van der Waals surface area (Å²) >= 11 is 0. The highest BCUT2D eigenvalue weighted by atomic mass is 16.7. The van der Waals surface area contributed by atoms with E-state index in [9.17, 15) is 10.1 Å². The zero-order valence-electron chi connectivity index (χ0n) is 12.5. The minimum atomic E-state index is -0.416. The molecule has 6 nitrogen and oxygen atoms in total. The van der Waals surface area contributed by atoms with Gasteiger partial charge >= 0.3 is 0 Å². The standard InChI is InChI=1S/C18H12N2O4/c21-20(22)15-3-1-2-13-6-8-14(19-18(13)15)7-4-12-5-9-16-17(10-12)24-11-23-16/h1-10H,11H2. The van der Waals surface area contributed by atoms with Gasteiger partial charge in [-0.15, -0.1) is 0 Å². The average Bonchev–Trinajstić information content (AvgIpc) is 3.06. The van der Waals surface area contributed by atoms with E-state index in [1.807, 2.05) is 42.5 Å². The highest BCUT2D eigenvalue weighted by Gasteiger charge is 2.13. The van der Waals surface area contributed by atoms with Crippen LogP contribution in [0.3, 0.4) is 0 Å². The maximum Gasteiger partial charge on any atom is 0.295 e. The van der Waals surface area contributed by atoms with Gasteiger partial charge in [-0.05, 0) is 29.8 Å². The van der Waals surface area contributed by atoms with Crippen LogP contribution in [0.25, 0.3) is 23.1 Å². The lowest BCUT2D eigenvalue weighted by Crippen LogP contribution is -1.92. The van der Waals surface area contributed by atoms with Crippen molar-refractivity contribution < 1.29 is 14.4 Å². The summed E-state index contributed by atoms with van der Waals surface area (Å²) < 4.78 is 10.6. The Morgan fingerprint density at radius 2 is 1.92 bits per heavy atom. The predicted octanol–water partition coefficient (Wildman–Crippen LogP) is 4.04. The zero-order chi connectivity index (χ0) is 16.5. The smallest absolute Gasteiger partial charge is 0.295 e. The first-order chi connectivity index (χ1) is 11.7. The fourth-order valence-electron chi connectivity index (χ4n) is 2.59. The van der Waals surface area contributed by atoms with Crippen molar-refractivity contribution in [1.82, 2.24) is 4.98 Å². The molecular weight excluding hydrogens is 308 g/mol. The van der Waals surface area contributed by atoms with Gasteiger partial charge in [0.15, 0.2) is 11.5 Å². The molecule has 1 aromatic heterocycles. The number of hydrogen-bond donors (Lipinski definition) is 0. The third kappa shape index (κ3) is 2.54. The van der Waals surface area contributed by atoms with Gasteiger partial charge < -0.3 is 9.47 Å². The van der Waals surface area contributed by atoms with E-state index in [1.54, 1.807) is 12.1 Å². The SMILES string of the molecule is O=[N+]([O-])c1cccc2ccc(C=Cc3ccc4c(c3)OCO4)nc12. The Balaban J connectivity index is 1.69. The Labute approximate surface area is 137 Å². The molecule has 0 bridgehead atoms. The van der Waals surface area contributed by atoms with Gasteiger partial charge in [0.1, 0.15) is 5.52 Å². The van der Waals surface area contributed by atoms with Crippen LogP contribution in [0.2, 0.25) is 0 Å². The van der Waals surface area contributed by atoms with Gasteiger partial charge in [-0.1, -0.05) is 30.3 Å². The molecule has 118 valence electrons. The maximum atomic E-state index is 11.1. The molecule has 0 N–H and O–H groups in total. The third-order valence-electron chi connectivity index (χ3n) is 3.76. The van der Waals surface area contributed by atoms with Gasteiger partial charge in [0.05, 0.1) is 10.6 Å². The normalized spacial score (nSPS) is 12.8. The first-order valence-electron chi connectivity index (χ1n) is 7.32. The molecule has 1 aliphatic heterocycles. The second-order valence-electron chi connectivity index (χ2n) is 5.29. The second kappa shape index (κ2) is 5.66. The van der Waals surface area contributed by atoms with Gasteiger partial charge in [-0.25, -0.2) is 4.98 Å². The maximum absolute atomic E-state index is 11.1. The number of nitro groups is 1. The van der Waals surface area contributed by atoms with Crippen LogP contribution >= 0.6 is 0 Å². The number of fused-ring (bicyclic) bond motifs is 2. The quantitative estimate of drug-likeness (QED) is 0.538. The molecule has 1 aliphatic rings. The summed E-state index contributed by atoms with van der Waals surface area (Å²) in [6.07, 6.45) is 3.69. The topological polar surface area (TPSA) is 74.5 Å². The van der Waals surface area contributed by atoms with Crippen LogP contribution in [0.1, 0.15) is 11.3 Å². The summed E-state index contributed by atoms with van der Waals surface area (Å²) in [5, 5.41) is 11.9. The highest BCUT2D eigenvalue weighted by molar-refractivity contribution is 5.88. The summed E-state index contributed by atoms with van der Waals surface area (Å²) in [6, 6.07) is 14.2. The molecular formula is C18H12N2O4. The van der Waals surface area contributed by atoms with Crippen LogP contribution < -0.4 is 9.47 Å². The Bertz CT molecular complexity index is 982. The van der Waals surface area contributed by atoms with Crippen molar-refractivity contribution in [2.75, 3.05) is 6.79 Å². The largest absolute Gasteiger partial charge is 0.454 e. The molecule has 0 fully saturated rings. The molecule has 0 atom stereocenters. The van der Waals surface area contributed by atoms with Crippen LogP contribution in [-0.4, -0.2) is 16.7 Å². The number of para-hydroxylation sites is 1. The van der Waals surface area contributed by atoms with Gasteiger partial charge in [0.2, 0.25) is 6.79 Å². The summed E-state index contributed by atoms with van der Waals surface area (Å²) in [4.78, 5) is 15.1. The van der Waals surface area contributed by atoms with Crippen LogP contribution in [0, 0.1) is 10.1 Å². The molecule has 2 aromatic carbocycles. The van der Waals surface area contributed by atoms with E-state index in [-0.39, 0.29) is 12.5 Å². The summed E-state index contributed by atoms with van der Waals surface area (Å²) in [6.45, 7) is 0.235. The molecule has 2 heterocycles. The number of rotatable bonds is 3. The molecule has 4 rings (SSSR count). The van der Waals surface area contributed by atoms with E-state index in [0.717, 1.165) is 16.7 Å². The van der Waals surface area contributed by atoms with E-state index in [2.05, 4.69) is 4.98 Å². The third-order valence-corrected chi connectivity index (χ3v) is 3.76. The zero-order valence-corrected chi connectivity index (χ0v) is 12.5. The Morgan fingerprint density at radius 3 is 2.79 bits per heavy atom. The van der Waals surface area contributed by atoms with Crippen molar-refractivity contribution in [3.8, 4) is 11.5 Å². The molecule has 6 heteroatoms. The number of aromatic nitrogens is 1. The fraction of sp³-hybridized carbons (Fsp3) is 0.0556. The lowest BCUT2D eigenvalue weighted by Gasteiger charge is -2.01. The molecule has 24 heavy (non-hydrogen) atoms. The summed E-state index contributed by atoms with van der Waals surface area (Å²) in [7, 11) is 0. The van der Waals surface area contributed by atoms with Gasteiger partial charge in [0, 0.05) is 11.5 Å². The van der Waals surface area contributed by atoms with Crippen LogP contribution in [0.5, 0.6) is 11.5 Å². The number of pyridine rings is 1. The minimum Gasteiger partial charge on any atom is -0.454 e. The van der Waals surface area contributed by atoms with E-state index in [0.29, 0.717) is 17.0 Å². The van der Waals surface area contributed by atoms with Crippen molar-refractivity contribution in [2.24, 2.45) is 0 Å². The van der Waals surface area contributed by atoms with E-state index < -0.39 is 4.92 Å². The monoisotopic (exact) mass is 320 g/mol. The number of hydrogen-bond acceptors (Lipinski definition) is 5. The molecule has 0 saturated carbocycles. The molecule has 0 unspecified atom stereocenters. The summed E-state index contributed by atoms with van der Waals surface area (Å²) in [5.74, 6) is 1.44.